The van der Waals surface area contributed by atoms with Crippen molar-refractivity contribution in [3.8, 4) is 0 Å². The van der Waals surface area contributed by atoms with Crippen molar-refractivity contribution < 1.29 is 9.90 Å². The number of aromatic nitrogens is 1. The van der Waals surface area contributed by atoms with Gasteiger partial charge in [-0.25, -0.2) is 9.78 Å². The number of pyridine rings is 1. The normalized spacial score (nSPS) is 10.6. The molecule has 0 fully saturated rings. The van der Waals surface area contributed by atoms with Crippen LogP contribution in [0.15, 0.2) is 18.3 Å². The van der Waals surface area contributed by atoms with Gasteiger partial charge in [0.15, 0.2) is 0 Å². The quantitative estimate of drug-likeness (QED) is 0.642. The first-order valence-electron chi connectivity index (χ1n) is 4.00. The topological polar surface area (TPSA) is 102 Å². The lowest BCUT2D eigenvalue weighted by molar-refractivity contribution is 0.0696. The maximum absolute atomic E-state index is 10.6. The summed E-state index contributed by atoms with van der Waals surface area (Å²) in [6.07, 6.45) is 4.55. The molecule has 0 bridgehead atoms. The zero-order valence-corrected chi connectivity index (χ0v) is 7.47. The largest absolute Gasteiger partial charge is 0.478 e. The minimum atomic E-state index is -1.03. The van der Waals surface area contributed by atoms with E-state index in [0.717, 1.165) is 0 Å². The Balaban J connectivity index is 3.08. The van der Waals surface area contributed by atoms with Gasteiger partial charge >= 0.3 is 5.97 Å². The van der Waals surface area contributed by atoms with Gasteiger partial charge in [0.2, 0.25) is 0 Å². The Labute approximate surface area is 81.1 Å². The number of hydrogen-bond donors (Lipinski definition) is 3. The maximum Gasteiger partial charge on any atom is 0.337 e. The summed E-state index contributed by atoms with van der Waals surface area (Å²) in [6, 6.07) is 1.46. The number of carbonyl (C=O) groups is 1. The van der Waals surface area contributed by atoms with Crippen LogP contribution in [0, 0.1) is 0 Å². The van der Waals surface area contributed by atoms with Gasteiger partial charge in [-0.15, -0.1) is 0 Å². The van der Waals surface area contributed by atoms with Gasteiger partial charge in [-0.05, 0) is 6.07 Å². The lowest BCUT2D eigenvalue weighted by atomic mass is 10.2. The number of carboxylic acid groups (broad SMARTS) is 1. The van der Waals surface area contributed by atoms with E-state index in [-0.39, 0.29) is 5.56 Å². The van der Waals surface area contributed by atoms with E-state index in [9.17, 15) is 4.79 Å². The van der Waals surface area contributed by atoms with E-state index in [1.807, 2.05) is 0 Å². The summed E-state index contributed by atoms with van der Waals surface area (Å²) in [4.78, 5) is 14.4. The minimum Gasteiger partial charge on any atom is -0.478 e. The van der Waals surface area contributed by atoms with Crippen LogP contribution in [0.1, 0.15) is 15.9 Å². The molecule has 14 heavy (non-hydrogen) atoms. The van der Waals surface area contributed by atoms with E-state index < -0.39 is 5.97 Å². The molecule has 0 atom stereocenters. The highest BCUT2D eigenvalue weighted by molar-refractivity contribution is 5.88. The predicted octanol–water partition coefficient (Wildman–Crippen LogP) is 0.334. The van der Waals surface area contributed by atoms with Crippen molar-refractivity contribution in [3.63, 3.8) is 0 Å². The van der Waals surface area contributed by atoms with Crippen molar-refractivity contribution in [1.82, 2.24) is 4.98 Å². The van der Waals surface area contributed by atoms with Crippen LogP contribution in [0.25, 0.3) is 6.08 Å². The van der Waals surface area contributed by atoms with Crippen molar-refractivity contribution in [2.45, 2.75) is 0 Å². The molecular formula is C9H11N3O2. The molecule has 74 valence electrons. The molecule has 0 spiro atoms. The smallest absolute Gasteiger partial charge is 0.337 e. The number of anilines is 1. The monoisotopic (exact) mass is 193 g/mol. The van der Waals surface area contributed by atoms with Crippen LogP contribution < -0.4 is 11.5 Å². The van der Waals surface area contributed by atoms with Gasteiger partial charge in [0.05, 0.1) is 5.56 Å². The highest BCUT2D eigenvalue weighted by Crippen LogP contribution is 2.12. The fraction of sp³-hybridized carbons (Fsp3) is 0.111. The fourth-order valence-corrected chi connectivity index (χ4v) is 0.938. The van der Waals surface area contributed by atoms with Gasteiger partial charge < -0.3 is 16.6 Å². The highest BCUT2D eigenvalue weighted by Gasteiger charge is 2.05. The average Bonchev–Trinajstić information content (AvgIpc) is 2.16. The lowest BCUT2D eigenvalue weighted by Crippen LogP contribution is -2.01. The van der Waals surface area contributed by atoms with E-state index in [1.165, 1.54) is 12.3 Å². The molecule has 1 rings (SSSR count). The van der Waals surface area contributed by atoms with Crippen LogP contribution in [-0.4, -0.2) is 22.6 Å². The number of hydrogen-bond acceptors (Lipinski definition) is 4. The van der Waals surface area contributed by atoms with Crippen LogP contribution in [0.4, 0.5) is 5.82 Å². The maximum atomic E-state index is 10.6. The molecule has 0 aliphatic heterocycles. The van der Waals surface area contributed by atoms with Crippen LogP contribution in [0.3, 0.4) is 0 Å². The predicted molar refractivity (Wildman–Crippen MR) is 53.7 cm³/mol. The molecule has 5 nitrogen and oxygen atoms in total. The first-order valence-corrected chi connectivity index (χ1v) is 4.00. The lowest BCUT2D eigenvalue weighted by Gasteiger charge is -2.00. The molecule has 5 heteroatoms. The highest BCUT2D eigenvalue weighted by atomic mass is 16.4. The zero-order chi connectivity index (χ0) is 10.6. The minimum absolute atomic E-state index is 0.107. The molecule has 0 aliphatic carbocycles. The number of rotatable bonds is 3. The summed E-state index contributed by atoms with van der Waals surface area (Å²) < 4.78 is 0. The molecule has 0 aliphatic rings. The van der Waals surface area contributed by atoms with E-state index in [1.54, 1.807) is 12.2 Å². The summed E-state index contributed by atoms with van der Waals surface area (Å²) in [6.45, 7) is 0.372. The Bertz CT molecular complexity index is 374. The molecule has 0 unspecified atom stereocenters. The van der Waals surface area contributed by atoms with Gasteiger partial charge in [-0.3, -0.25) is 0 Å². The molecule has 5 N–H and O–H groups in total. The second kappa shape index (κ2) is 4.38. The Morgan fingerprint density at radius 2 is 2.36 bits per heavy atom. The van der Waals surface area contributed by atoms with Crippen molar-refractivity contribution in [2.75, 3.05) is 12.3 Å². The third-order valence-corrected chi connectivity index (χ3v) is 1.63. The third-order valence-electron chi connectivity index (χ3n) is 1.63. The molecule has 0 saturated carbocycles. The first-order chi connectivity index (χ1) is 6.65. The summed E-state index contributed by atoms with van der Waals surface area (Å²) in [7, 11) is 0. The van der Waals surface area contributed by atoms with Gasteiger partial charge in [0.25, 0.3) is 0 Å². The van der Waals surface area contributed by atoms with Gasteiger partial charge in [-0.1, -0.05) is 12.2 Å². The second-order valence-corrected chi connectivity index (χ2v) is 2.64. The van der Waals surface area contributed by atoms with E-state index >= 15 is 0 Å². The third kappa shape index (κ3) is 2.30. The van der Waals surface area contributed by atoms with Gasteiger partial charge in [0.1, 0.15) is 5.82 Å². The molecule has 0 saturated heterocycles. The number of nitrogens with zero attached hydrogens (tertiary/aromatic N) is 1. The van der Waals surface area contributed by atoms with E-state index in [4.69, 9.17) is 16.6 Å². The van der Waals surface area contributed by atoms with Crippen LogP contribution in [0.5, 0.6) is 0 Å². The molecule has 0 aromatic carbocycles. The first kappa shape index (κ1) is 10.2. The van der Waals surface area contributed by atoms with Crippen molar-refractivity contribution >= 4 is 17.9 Å². The Kier molecular flexibility index (Phi) is 3.19. The number of carboxylic acids is 1. The van der Waals surface area contributed by atoms with Crippen molar-refractivity contribution in [2.24, 2.45) is 5.73 Å². The average molecular weight is 193 g/mol. The molecule has 0 radical (unpaired) electrons. The zero-order valence-electron chi connectivity index (χ0n) is 7.47. The Hall–Kier alpha value is -1.88. The number of aromatic carboxylic acids is 1. The molecule has 0 amide bonds. The Morgan fingerprint density at radius 3 is 2.93 bits per heavy atom. The standard InChI is InChI=1S/C9H11N3O2/c10-3-1-2-6-4-7(9(13)14)5-12-8(6)11/h1-2,4-5H,3,10H2,(H2,11,12)(H,13,14). The summed E-state index contributed by atoms with van der Waals surface area (Å²) >= 11 is 0. The van der Waals surface area contributed by atoms with Crippen LogP contribution in [0.2, 0.25) is 0 Å². The van der Waals surface area contributed by atoms with Crippen molar-refractivity contribution in [3.05, 3.63) is 29.5 Å². The second-order valence-electron chi connectivity index (χ2n) is 2.64. The molecular weight excluding hydrogens is 182 g/mol. The summed E-state index contributed by atoms with van der Waals surface area (Å²) in [5.41, 5.74) is 11.5. The van der Waals surface area contributed by atoms with Crippen molar-refractivity contribution in [1.29, 1.82) is 0 Å². The van der Waals surface area contributed by atoms with Gasteiger partial charge in [-0.2, -0.15) is 0 Å². The Morgan fingerprint density at radius 1 is 1.64 bits per heavy atom. The summed E-state index contributed by atoms with van der Waals surface area (Å²) in [5, 5.41) is 8.70. The molecule has 1 aromatic rings. The summed E-state index contributed by atoms with van der Waals surface area (Å²) in [5.74, 6) is -0.736. The van der Waals surface area contributed by atoms with E-state index in [2.05, 4.69) is 4.98 Å². The number of nitrogen functional groups attached to an aromatic ring is 1. The number of nitrogens with two attached hydrogens (primary N) is 2. The molecule has 1 heterocycles. The van der Waals surface area contributed by atoms with Gasteiger partial charge in [0, 0.05) is 18.3 Å². The van der Waals surface area contributed by atoms with Crippen LogP contribution in [-0.2, 0) is 0 Å². The van der Waals surface area contributed by atoms with Crippen LogP contribution >= 0.6 is 0 Å². The van der Waals surface area contributed by atoms with E-state index in [0.29, 0.717) is 17.9 Å². The molecule has 1 aromatic heterocycles. The SMILES string of the molecule is NCC=Cc1cc(C(=O)O)cnc1N. The fourth-order valence-electron chi connectivity index (χ4n) is 0.938.